The number of aliphatic hydroxyl groups is 1. The van der Waals surface area contributed by atoms with E-state index in [2.05, 4.69) is 23.7 Å². The van der Waals surface area contributed by atoms with E-state index < -0.39 is 12.5 Å². The highest BCUT2D eigenvalue weighted by Gasteiger charge is 2.26. The zero-order chi connectivity index (χ0) is 16.1. The van der Waals surface area contributed by atoms with Crippen molar-refractivity contribution in [3.05, 3.63) is 24.3 Å². The van der Waals surface area contributed by atoms with E-state index in [-0.39, 0.29) is 23.9 Å². The third-order valence-corrected chi connectivity index (χ3v) is 2.70. The minimum absolute atomic E-state index is 0.203. The Morgan fingerprint density at radius 1 is 1.14 bits per heavy atom. The van der Waals surface area contributed by atoms with Gasteiger partial charge in [0.25, 0.3) is 0 Å². The lowest BCUT2D eigenvalue weighted by atomic mass is 9.90. The Kier molecular flexibility index (Phi) is 10.5. The normalized spacial score (nSPS) is 11.9. The van der Waals surface area contributed by atoms with Gasteiger partial charge in [-0.3, -0.25) is 9.59 Å². The van der Waals surface area contributed by atoms with Crippen LogP contribution in [0.1, 0.15) is 33.6 Å². The summed E-state index contributed by atoms with van der Waals surface area (Å²) >= 11 is 0. The highest BCUT2D eigenvalue weighted by atomic mass is 16.3. The molecule has 112 valence electrons. The molecule has 0 aromatic heterocycles. The molecule has 0 spiro atoms. The SMILES string of the molecule is CC=CC#CC#CC=CCCC(=O)C(CO)C(=O)C(C)C. The quantitative estimate of drug-likeness (QED) is 0.577. The Balaban J connectivity index is 4.25. The summed E-state index contributed by atoms with van der Waals surface area (Å²) in [5.74, 6) is 9.20. The number of hydrogen-bond donors (Lipinski definition) is 1. The fourth-order valence-corrected chi connectivity index (χ4v) is 1.53. The maximum absolute atomic E-state index is 11.8. The van der Waals surface area contributed by atoms with Crippen LogP contribution in [0.4, 0.5) is 0 Å². The van der Waals surface area contributed by atoms with Gasteiger partial charge in [0.15, 0.2) is 0 Å². The summed E-state index contributed by atoms with van der Waals surface area (Å²) in [6, 6.07) is 0. The van der Waals surface area contributed by atoms with E-state index in [4.69, 9.17) is 5.11 Å². The van der Waals surface area contributed by atoms with Crippen LogP contribution in [0.25, 0.3) is 0 Å². The lowest BCUT2D eigenvalue weighted by Crippen LogP contribution is -2.30. The number of hydrogen-bond acceptors (Lipinski definition) is 3. The minimum Gasteiger partial charge on any atom is -0.395 e. The number of aliphatic hydroxyl groups excluding tert-OH is 1. The summed E-state index contributed by atoms with van der Waals surface area (Å²) in [6.07, 6.45) is 7.65. The van der Waals surface area contributed by atoms with Crippen molar-refractivity contribution in [1.29, 1.82) is 0 Å². The second-order valence-electron chi connectivity index (χ2n) is 4.74. The molecule has 0 radical (unpaired) electrons. The fraction of sp³-hybridized carbons (Fsp3) is 0.444. The van der Waals surface area contributed by atoms with E-state index in [1.165, 1.54) is 0 Å². The Morgan fingerprint density at radius 3 is 2.29 bits per heavy atom. The van der Waals surface area contributed by atoms with Gasteiger partial charge in [-0.2, -0.15) is 0 Å². The van der Waals surface area contributed by atoms with Crippen LogP contribution in [-0.4, -0.2) is 23.3 Å². The standard InChI is InChI=1S/C18H22O3/c1-4-5-6-7-8-9-10-11-12-13-17(20)16(14-19)18(21)15(2)3/h4-5,10-11,15-16,19H,12-14H2,1-3H3. The van der Waals surface area contributed by atoms with Gasteiger partial charge in [0.2, 0.25) is 0 Å². The molecule has 3 heteroatoms. The van der Waals surface area contributed by atoms with Crippen LogP contribution >= 0.6 is 0 Å². The molecule has 0 heterocycles. The molecule has 1 unspecified atom stereocenters. The van der Waals surface area contributed by atoms with Gasteiger partial charge >= 0.3 is 0 Å². The average Bonchev–Trinajstić information content (AvgIpc) is 2.46. The van der Waals surface area contributed by atoms with E-state index in [1.807, 2.05) is 13.0 Å². The Morgan fingerprint density at radius 2 is 1.76 bits per heavy atom. The molecular formula is C18H22O3. The molecule has 0 aliphatic rings. The summed E-state index contributed by atoms with van der Waals surface area (Å²) in [4.78, 5) is 23.6. The number of allylic oxidation sites excluding steroid dienone is 4. The van der Waals surface area contributed by atoms with Crippen LogP contribution in [0.15, 0.2) is 24.3 Å². The second-order valence-corrected chi connectivity index (χ2v) is 4.74. The van der Waals surface area contributed by atoms with Crippen molar-refractivity contribution in [3.8, 4) is 23.7 Å². The smallest absolute Gasteiger partial charge is 0.148 e. The van der Waals surface area contributed by atoms with Gasteiger partial charge in [0, 0.05) is 12.3 Å². The Labute approximate surface area is 127 Å². The summed E-state index contributed by atoms with van der Waals surface area (Å²) < 4.78 is 0. The highest BCUT2D eigenvalue weighted by molar-refractivity contribution is 6.03. The van der Waals surface area contributed by atoms with E-state index >= 15 is 0 Å². The van der Waals surface area contributed by atoms with Gasteiger partial charge in [-0.15, -0.1) is 0 Å². The number of rotatable bonds is 7. The van der Waals surface area contributed by atoms with Crippen molar-refractivity contribution in [3.63, 3.8) is 0 Å². The molecular weight excluding hydrogens is 264 g/mol. The molecule has 1 atom stereocenters. The van der Waals surface area contributed by atoms with Crippen molar-refractivity contribution in [2.75, 3.05) is 6.61 Å². The first-order chi connectivity index (χ1) is 10.0. The first kappa shape index (κ1) is 18.9. The monoisotopic (exact) mass is 286 g/mol. The molecule has 0 aromatic carbocycles. The van der Waals surface area contributed by atoms with Crippen LogP contribution in [0.2, 0.25) is 0 Å². The van der Waals surface area contributed by atoms with Crippen LogP contribution in [0.5, 0.6) is 0 Å². The molecule has 0 aromatic rings. The third kappa shape index (κ3) is 8.63. The van der Waals surface area contributed by atoms with Gasteiger partial charge in [-0.25, -0.2) is 0 Å². The lowest BCUT2D eigenvalue weighted by Gasteiger charge is -2.13. The number of carbonyl (C=O) groups excluding carboxylic acids is 2. The van der Waals surface area contributed by atoms with Crippen LogP contribution in [-0.2, 0) is 9.59 Å². The maximum Gasteiger partial charge on any atom is 0.148 e. The summed E-state index contributed by atoms with van der Waals surface area (Å²) in [5.41, 5.74) is 0. The van der Waals surface area contributed by atoms with Crippen molar-refractivity contribution in [2.45, 2.75) is 33.6 Å². The van der Waals surface area contributed by atoms with E-state index in [9.17, 15) is 9.59 Å². The van der Waals surface area contributed by atoms with Crippen LogP contribution in [0.3, 0.4) is 0 Å². The summed E-state index contributed by atoms with van der Waals surface area (Å²) in [5, 5.41) is 9.16. The van der Waals surface area contributed by atoms with Gasteiger partial charge in [0.05, 0.1) is 12.5 Å². The molecule has 0 rings (SSSR count). The van der Waals surface area contributed by atoms with E-state index in [0.717, 1.165) is 0 Å². The first-order valence-electron chi connectivity index (χ1n) is 6.99. The van der Waals surface area contributed by atoms with E-state index in [0.29, 0.717) is 6.42 Å². The third-order valence-electron chi connectivity index (χ3n) is 2.70. The van der Waals surface area contributed by atoms with Gasteiger partial charge in [0.1, 0.15) is 11.6 Å². The lowest BCUT2D eigenvalue weighted by molar-refractivity contribution is -0.136. The van der Waals surface area contributed by atoms with Crippen molar-refractivity contribution in [2.24, 2.45) is 11.8 Å². The summed E-state index contributed by atoms with van der Waals surface area (Å²) in [6.45, 7) is 4.91. The van der Waals surface area contributed by atoms with Crippen LogP contribution in [0, 0.1) is 35.5 Å². The molecule has 0 fully saturated rings. The molecule has 1 N–H and O–H groups in total. The molecule has 0 amide bonds. The summed E-state index contributed by atoms with van der Waals surface area (Å²) in [7, 11) is 0. The van der Waals surface area contributed by atoms with Crippen LogP contribution < -0.4 is 0 Å². The van der Waals surface area contributed by atoms with E-state index in [1.54, 1.807) is 32.1 Å². The van der Waals surface area contributed by atoms with Crippen molar-refractivity contribution in [1.82, 2.24) is 0 Å². The second kappa shape index (κ2) is 11.7. The predicted molar refractivity (Wildman–Crippen MR) is 84.2 cm³/mol. The molecule has 0 saturated carbocycles. The molecule has 3 nitrogen and oxygen atoms in total. The minimum atomic E-state index is -0.892. The number of Topliss-reactive ketones (excluding diaryl/α,β-unsaturated/α-hetero) is 2. The molecule has 0 bridgehead atoms. The molecule has 0 aliphatic heterocycles. The van der Waals surface area contributed by atoms with Gasteiger partial charge < -0.3 is 5.11 Å². The number of carbonyl (C=O) groups is 2. The zero-order valence-electron chi connectivity index (χ0n) is 12.8. The average molecular weight is 286 g/mol. The number of ketones is 2. The molecule has 21 heavy (non-hydrogen) atoms. The first-order valence-corrected chi connectivity index (χ1v) is 6.99. The molecule has 0 saturated heterocycles. The van der Waals surface area contributed by atoms with Gasteiger partial charge in [-0.1, -0.05) is 37.8 Å². The maximum atomic E-state index is 11.8. The topological polar surface area (TPSA) is 54.4 Å². The fourth-order valence-electron chi connectivity index (χ4n) is 1.53. The Bertz CT molecular complexity index is 516. The predicted octanol–water partition coefficient (Wildman–Crippen LogP) is 2.31. The largest absolute Gasteiger partial charge is 0.395 e. The van der Waals surface area contributed by atoms with Crippen molar-refractivity contribution < 1.29 is 14.7 Å². The molecule has 0 aliphatic carbocycles. The zero-order valence-corrected chi connectivity index (χ0v) is 12.8. The Hall–Kier alpha value is -2.10. The van der Waals surface area contributed by atoms with Gasteiger partial charge in [-0.05, 0) is 37.3 Å². The van der Waals surface area contributed by atoms with Crippen molar-refractivity contribution >= 4 is 11.6 Å². The highest BCUT2D eigenvalue weighted by Crippen LogP contribution is 2.11.